The predicted octanol–water partition coefficient (Wildman–Crippen LogP) is 3.61. The fourth-order valence-corrected chi connectivity index (χ4v) is 1.82. The van der Waals surface area contributed by atoms with Gasteiger partial charge in [0.25, 0.3) is 0 Å². The van der Waals surface area contributed by atoms with Crippen LogP contribution in [-0.4, -0.2) is 7.05 Å². The van der Waals surface area contributed by atoms with Gasteiger partial charge in [-0.15, -0.1) is 0 Å². The number of hydrogen-bond donors (Lipinski definition) is 1. The van der Waals surface area contributed by atoms with E-state index in [2.05, 4.69) is 0 Å². The standard InChI is InChI=1S/C15H17FN2/c1-11(17)12-3-7-14(8-4-12)18(2)15-9-5-13(16)6-10-15/h3-11H,17H2,1-2H3. The highest BCUT2D eigenvalue weighted by Gasteiger charge is 2.05. The van der Waals surface area contributed by atoms with E-state index in [-0.39, 0.29) is 11.9 Å². The van der Waals surface area contributed by atoms with Crippen molar-refractivity contribution in [1.82, 2.24) is 0 Å². The van der Waals surface area contributed by atoms with Crippen molar-refractivity contribution in [3.8, 4) is 0 Å². The molecule has 0 aliphatic heterocycles. The average molecular weight is 244 g/mol. The maximum absolute atomic E-state index is 12.9. The molecule has 0 saturated heterocycles. The van der Waals surface area contributed by atoms with Crippen molar-refractivity contribution in [2.75, 3.05) is 11.9 Å². The highest BCUT2D eigenvalue weighted by atomic mass is 19.1. The molecular formula is C15H17FN2. The van der Waals surface area contributed by atoms with E-state index in [4.69, 9.17) is 5.73 Å². The van der Waals surface area contributed by atoms with E-state index in [1.54, 1.807) is 12.1 Å². The van der Waals surface area contributed by atoms with Crippen LogP contribution in [0.5, 0.6) is 0 Å². The summed E-state index contributed by atoms with van der Waals surface area (Å²) >= 11 is 0. The van der Waals surface area contributed by atoms with Crippen LogP contribution in [0.1, 0.15) is 18.5 Å². The Balaban J connectivity index is 2.23. The molecule has 0 aliphatic rings. The van der Waals surface area contributed by atoms with E-state index in [1.165, 1.54) is 12.1 Å². The molecule has 2 rings (SSSR count). The first-order chi connectivity index (χ1) is 8.58. The lowest BCUT2D eigenvalue weighted by Gasteiger charge is -2.20. The maximum Gasteiger partial charge on any atom is 0.123 e. The molecule has 0 fully saturated rings. The van der Waals surface area contributed by atoms with Crippen LogP contribution in [-0.2, 0) is 0 Å². The molecular weight excluding hydrogens is 227 g/mol. The normalized spacial score (nSPS) is 12.2. The van der Waals surface area contributed by atoms with Crippen LogP contribution >= 0.6 is 0 Å². The summed E-state index contributed by atoms with van der Waals surface area (Å²) in [5, 5.41) is 0. The molecule has 1 unspecified atom stereocenters. The highest BCUT2D eigenvalue weighted by Crippen LogP contribution is 2.24. The lowest BCUT2D eigenvalue weighted by molar-refractivity contribution is 0.628. The second kappa shape index (κ2) is 5.19. The second-order valence-electron chi connectivity index (χ2n) is 4.42. The molecule has 94 valence electrons. The van der Waals surface area contributed by atoms with Gasteiger partial charge in [-0.1, -0.05) is 12.1 Å². The third kappa shape index (κ3) is 2.68. The topological polar surface area (TPSA) is 29.3 Å². The quantitative estimate of drug-likeness (QED) is 0.893. The van der Waals surface area contributed by atoms with Crippen molar-refractivity contribution in [3.05, 3.63) is 59.9 Å². The van der Waals surface area contributed by atoms with Crippen LogP contribution in [0, 0.1) is 5.82 Å². The van der Waals surface area contributed by atoms with Crippen molar-refractivity contribution in [3.63, 3.8) is 0 Å². The number of anilines is 2. The van der Waals surface area contributed by atoms with Crippen molar-refractivity contribution in [2.45, 2.75) is 13.0 Å². The van der Waals surface area contributed by atoms with Gasteiger partial charge in [0.2, 0.25) is 0 Å². The number of rotatable bonds is 3. The van der Waals surface area contributed by atoms with Gasteiger partial charge < -0.3 is 10.6 Å². The molecule has 18 heavy (non-hydrogen) atoms. The van der Waals surface area contributed by atoms with E-state index in [1.807, 2.05) is 43.1 Å². The molecule has 2 nitrogen and oxygen atoms in total. The zero-order valence-corrected chi connectivity index (χ0v) is 10.6. The summed E-state index contributed by atoms with van der Waals surface area (Å²) in [4.78, 5) is 2.00. The van der Waals surface area contributed by atoms with Crippen LogP contribution in [0.3, 0.4) is 0 Å². The van der Waals surface area contributed by atoms with Gasteiger partial charge in [0.15, 0.2) is 0 Å². The minimum Gasteiger partial charge on any atom is -0.345 e. The summed E-state index contributed by atoms with van der Waals surface area (Å²) in [7, 11) is 1.95. The van der Waals surface area contributed by atoms with Gasteiger partial charge in [0.05, 0.1) is 0 Å². The Labute approximate surface area is 107 Å². The Morgan fingerprint density at radius 3 is 1.83 bits per heavy atom. The van der Waals surface area contributed by atoms with Crippen LogP contribution in [0.4, 0.5) is 15.8 Å². The second-order valence-corrected chi connectivity index (χ2v) is 4.42. The van der Waals surface area contributed by atoms with E-state index < -0.39 is 0 Å². The summed E-state index contributed by atoms with van der Waals surface area (Å²) in [6.45, 7) is 1.96. The van der Waals surface area contributed by atoms with Crippen LogP contribution < -0.4 is 10.6 Å². The van der Waals surface area contributed by atoms with Gasteiger partial charge in [-0.05, 0) is 48.9 Å². The Kier molecular flexibility index (Phi) is 3.63. The highest BCUT2D eigenvalue weighted by molar-refractivity contribution is 5.62. The molecule has 0 aromatic heterocycles. The molecule has 2 N–H and O–H groups in total. The van der Waals surface area contributed by atoms with Crippen molar-refractivity contribution in [1.29, 1.82) is 0 Å². The third-order valence-electron chi connectivity index (χ3n) is 3.02. The molecule has 0 saturated carbocycles. The molecule has 1 atom stereocenters. The summed E-state index contributed by atoms with van der Waals surface area (Å²) in [5.41, 5.74) is 8.91. The minimum absolute atomic E-state index is 0.0372. The Hall–Kier alpha value is -1.87. The lowest BCUT2D eigenvalue weighted by Crippen LogP contribution is -2.10. The smallest absolute Gasteiger partial charge is 0.123 e. The predicted molar refractivity (Wildman–Crippen MR) is 73.5 cm³/mol. The van der Waals surface area contributed by atoms with Gasteiger partial charge in [0, 0.05) is 24.5 Å². The summed E-state index contributed by atoms with van der Waals surface area (Å²) < 4.78 is 12.9. The van der Waals surface area contributed by atoms with Crippen LogP contribution in [0.25, 0.3) is 0 Å². The van der Waals surface area contributed by atoms with Gasteiger partial charge in [-0.2, -0.15) is 0 Å². The summed E-state index contributed by atoms with van der Waals surface area (Å²) in [6.07, 6.45) is 0. The first-order valence-electron chi connectivity index (χ1n) is 5.93. The monoisotopic (exact) mass is 244 g/mol. The van der Waals surface area contributed by atoms with Crippen molar-refractivity contribution < 1.29 is 4.39 Å². The fourth-order valence-electron chi connectivity index (χ4n) is 1.82. The number of halogens is 1. The zero-order chi connectivity index (χ0) is 13.1. The first kappa shape index (κ1) is 12.6. The van der Waals surface area contributed by atoms with E-state index in [9.17, 15) is 4.39 Å². The number of nitrogens with zero attached hydrogens (tertiary/aromatic N) is 1. The summed E-state index contributed by atoms with van der Waals surface area (Å²) in [5.74, 6) is -0.223. The number of hydrogen-bond acceptors (Lipinski definition) is 2. The molecule has 3 heteroatoms. The van der Waals surface area contributed by atoms with E-state index in [0.29, 0.717) is 0 Å². The van der Waals surface area contributed by atoms with Gasteiger partial charge >= 0.3 is 0 Å². The SMILES string of the molecule is CC(N)c1ccc(N(C)c2ccc(F)cc2)cc1. The van der Waals surface area contributed by atoms with Crippen molar-refractivity contribution in [2.24, 2.45) is 5.73 Å². The molecule has 2 aromatic rings. The van der Waals surface area contributed by atoms with Crippen LogP contribution in [0.2, 0.25) is 0 Å². The molecule has 0 heterocycles. The molecule has 0 aliphatic carbocycles. The van der Waals surface area contributed by atoms with Gasteiger partial charge in [-0.3, -0.25) is 0 Å². The number of nitrogens with two attached hydrogens (primary N) is 1. The first-order valence-corrected chi connectivity index (χ1v) is 5.93. The lowest BCUT2D eigenvalue weighted by atomic mass is 10.1. The van der Waals surface area contributed by atoms with Gasteiger partial charge in [-0.25, -0.2) is 4.39 Å². The van der Waals surface area contributed by atoms with Gasteiger partial charge in [0.1, 0.15) is 5.82 Å². The largest absolute Gasteiger partial charge is 0.345 e. The number of benzene rings is 2. The Morgan fingerprint density at radius 1 is 0.944 bits per heavy atom. The fraction of sp³-hybridized carbons (Fsp3) is 0.200. The molecule has 0 bridgehead atoms. The summed E-state index contributed by atoms with van der Waals surface area (Å²) in [6, 6.07) is 14.5. The Bertz CT molecular complexity index is 503. The maximum atomic E-state index is 12.9. The van der Waals surface area contributed by atoms with E-state index >= 15 is 0 Å². The van der Waals surface area contributed by atoms with Crippen LogP contribution in [0.15, 0.2) is 48.5 Å². The average Bonchev–Trinajstić information content (AvgIpc) is 2.39. The Morgan fingerprint density at radius 2 is 1.39 bits per heavy atom. The van der Waals surface area contributed by atoms with Crippen molar-refractivity contribution >= 4 is 11.4 Å². The zero-order valence-electron chi connectivity index (χ0n) is 10.6. The minimum atomic E-state index is -0.223. The third-order valence-corrected chi connectivity index (χ3v) is 3.02. The molecule has 0 spiro atoms. The van der Waals surface area contributed by atoms with E-state index in [0.717, 1.165) is 16.9 Å². The molecule has 0 amide bonds. The molecule has 2 aromatic carbocycles. The molecule has 0 radical (unpaired) electrons.